The molecule has 0 amide bonds. The number of fused-ring (bicyclic) bond motifs is 3. The second-order valence-corrected chi connectivity index (χ2v) is 9.02. The van der Waals surface area contributed by atoms with Crippen molar-refractivity contribution in [1.29, 1.82) is 0 Å². The Kier molecular flexibility index (Phi) is 6.03. The van der Waals surface area contributed by atoms with Crippen LogP contribution in [0.25, 0.3) is 10.9 Å². The molecular weight excluding hydrogens is 364 g/mol. The van der Waals surface area contributed by atoms with Crippen LogP contribution in [-0.2, 0) is 27.6 Å². The molecule has 0 spiro atoms. The molecule has 1 aliphatic rings. The average Bonchev–Trinajstić information content (AvgIpc) is 2.98. The van der Waals surface area contributed by atoms with E-state index in [4.69, 9.17) is 4.74 Å². The largest absolute Gasteiger partial charge is 0.379 e. The second-order valence-electron chi connectivity index (χ2n) is 7.29. The summed E-state index contributed by atoms with van der Waals surface area (Å²) in [6.07, 6.45) is 3.56. The van der Waals surface area contributed by atoms with Crippen LogP contribution in [0.2, 0.25) is 0 Å². The summed E-state index contributed by atoms with van der Waals surface area (Å²) in [5.74, 6) is 0.142. The van der Waals surface area contributed by atoms with E-state index < -0.39 is 10.0 Å². The summed E-state index contributed by atoms with van der Waals surface area (Å²) in [4.78, 5) is 15.9. The first-order valence-electron chi connectivity index (χ1n) is 9.65. The van der Waals surface area contributed by atoms with Crippen molar-refractivity contribution in [1.82, 2.24) is 9.71 Å². The van der Waals surface area contributed by atoms with Crippen molar-refractivity contribution in [3.63, 3.8) is 0 Å². The molecule has 0 aliphatic heterocycles. The number of sulfonamides is 1. The number of aryl methyl sites for hydroxylation is 2. The summed E-state index contributed by atoms with van der Waals surface area (Å²) in [6.45, 7) is 6.68. The van der Waals surface area contributed by atoms with E-state index in [0.717, 1.165) is 40.6 Å². The number of nitrogens with one attached hydrogen (secondary N) is 2. The molecule has 2 aromatic rings. The molecule has 0 saturated heterocycles. The summed E-state index contributed by atoms with van der Waals surface area (Å²) in [5, 5.41) is 0.843. The predicted octanol–water partition coefficient (Wildman–Crippen LogP) is 3.34. The lowest BCUT2D eigenvalue weighted by atomic mass is 9.94. The van der Waals surface area contributed by atoms with Gasteiger partial charge >= 0.3 is 0 Å². The molecular formula is C20H28N2O4S. The Balaban J connectivity index is 1.88. The van der Waals surface area contributed by atoms with Crippen molar-refractivity contribution < 1.29 is 17.9 Å². The Morgan fingerprint density at radius 3 is 2.74 bits per heavy atom. The van der Waals surface area contributed by atoms with Gasteiger partial charge in [0.05, 0.1) is 11.0 Å². The van der Waals surface area contributed by atoms with Gasteiger partial charge < -0.3 is 9.72 Å². The van der Waals surface area contributed by atoms with Gasteiger partial charge in [0.2, 0.25) is 10.0 Å². The number of rotatable bonds is 8. The Bertz CT molecular complexity index is 945. The van der Waals surface area contributed by atoms with Crippen LogP contribution in [0.3, 0.4) is 0 Å². The minimum Gasteiger partial charge on any atom is -0.379 e. The number of H-pyrrole nitrogens is 1. The van der Waals surface area contributed by atoms with Crippen LogP contribution in [-0.4, -0.2) is 38.4 Å². The van der Waals surface area contributed by atoms with Crippen molar-refractivity contribution >= 4 is 26.7 Å². The number of benzene rings is 1. The van der Waals surface area contributed by atoms with E-state index in [9.17, 15) is 13.2 Å². The number of carbonyl (C=O) groups excluding carboxylic acids is 1. The van der Waals surface area contributed by atoms with Crippen molar-refractivity contribution in [3.8, 4) is 0 Å². The number of ether oxygens (including phenoxy) is 1. The fourth-order valence-corrected chi connectivity index (χ4v) is 4.97. The Morgan fingerprint density at radius 1 is 1.26 bits per heavy atom. The van der Waals surface area contributed by atoms with Gasteiger partial charge in [-0.25, -0.2) is 13.1 Å². The molecule has 1 heterocycles. The topological polar surface area (TPSA) is 88.3 Å². The summed E-state index contributed by atoms with van der Waals surface area (Å²) in [5.41, 5.74) is 3.12. The Morgan fingerprint density at radius 2 is 2.04 bits per heavy atom. The van der Waals surface area contributed by atoms with Gasteiger partial charge in [0.15, 0.2) is 5.78 Å². The molecule has 0 radical (unpaired) electrons. The maximum absolute atomic E-state index is 12.8. The highest BCUT2D eigenvalue weighted by atomic mass is 32.2. The lowest BCUT2D eigenvalue weighted by molar-refractivity contribution is 0.0778. The lowest BCUT2D eigenvalue weighted by Crippen LogP contribution is -2.26. The minimum atomic E-state index is -3.62. The molecule has 148 valence electrons. The fraction of sp³-hybridized carbons (Fsp3) is 0.550. The van der Waals surface area contributed by atoms with Gasteiger partial charge in [-0.3, -0.25) is 4.79 Å². The van der Waals surface area contributed by atoms with Crippen LogP contribution in [0.5, 0.6) is 0 Å². The summed E-state index contributed by atoms with van der Waals surface area (Å²) < 4.78 is 33.8. The zero-order valence-corrected chi connectivity index (χ0v) is 17.0. The molecule has 1 aromatic heterocycles. The molecule has 1 aromatic carbocycles. The van der Waals surface area contributed by atoms with Crippen molar-refractivity contribution in [3.05, 3.63) is 29.0 Å². The monoisotopic (exact) mass is 392 g/mol. The van der Waals surface area contributed by atoms with Crippen LogP contribution in [0.1, 0.15) is 61.6 Å². The van der Waals surface area contributed by atoms with Gasteiger partial charge in [-0.2, -0.15) is 0 Å². The number of hydrogen-bond acceptors (Lipinski definition) is 4. The van der Waals surface area contributed by atoms with Crippen LogP contribution in [0, 0.1) is 0 Å². The SMILES string of the molecule is CCc1cc2c3c([nH]c2cc1S(=O)(=O)NCCCOC(C)C)CCCC3=O. The molecule has 3 rings (SSSR count). The molecule has 0 saturated carbocycles. The first kappa shape index (κ1) is 20.0. The highest BCUT2D eigenvalue weighted by molar-refractivity contribution is 7.89. The van der Waals surface area contributed by atoms with Gasteiger partial charge in [-0.15, -0.1) is 0 Å². The lowest BCUT2D eigenvalue weighted by Gasteiger charge is -2.13. The zero-order chi connectivity index (χ0) is 19.6. The first-order chi connectivity index (χ1) is 12.8. The van der Waals surface area contributed by atoms with E-state index in [1.165, 1.54) is 0 Å². The van der Waals surface area contributed by atoms with Gasteiger partial charge in [0.25, 0.3) is 0 Å². The van der Waals surface area contributed by atoms with Crippen LogP contribution < -0.4 is 4.72 Å². The molecule has 0 unspecified atom stereocenters. The Hall–Kier alpha value is -1.70. The van der Waals surface area contributed by atoms with E-state index in [1.807, 2.05) is 26.8 Å². The molecule has 6 nitrogen and oxygen atoms in total. The van der Waals surface area contributed by atoms with E-state index in [0.29, 0.717) is 32.4 Å². The summed E-state index contributed by atoms with van der Waals surface area (Å²) >= 11 is 0. The predicted molar refractivity (Wildman–Crippen MR) is 106 cm³/mol. The average molecular weight is 393 g/mol. The van der Waals surface area contributed by atoms with E-state index >= 15 is 0 Å². The highest BCUT2D eigenvalue weighted by Crippen LogP contribution is 2.32. The molecule has 2 N–H and O–H groups in total. The quantitative estimate of drug-likeness (QED) is 0.675. The second kappa shape index (κ2) is 8.12. The maximum atomic E-state index is 12.8. The molecule has 0 fully saturated rings. The number of aromatic nitrogens is 1. The van der Waals surface area contributed by atoms with Gasteiger partial charge in [0.1, 0.15) is 0 Å². The third kappa shape index (κ3) is 4.25. The number of carbonyl (C=O) groups is 1. The normalized spacial score (nSPS) is 14.9. The number of Topliss-reactive ketones (excluding diaryl/α,β-unsaturated/α-hetero) is 1. The molecule has 1 aliphatic carbocycles. The van der Waals surface area contributed by atoms with Gasteiger partial charge in [0, 0.05) is 41.7 Å². The number of hydrogen-bond donors (Lipinski definition) is 2. The van der Waals surface area contributed by atoms with Crippen molar-refractivity contribution in [2.24, 2.45) is 0 Å². The summed E-state index contributed by atoms with van der Waals surface area (Å²) in [7, 11) is -3.62. The standard InChI is InChI=1S/C20H28N2O4S/c1-4-14-11-15-17(22-16-7-5-8-18(23)20(15)16)12-19(14)27(24,25)21-9-6-10-26-13(2)3/h11-13,21-22H,4-10H2,1-3H3. The van der Waals surface area contributed by atoms with Gasteiger partial charge in [-0.1, -0.05) is 6.92 Å². The Labute approximate surface area is 160 Å². The highest BCUT2D eigenvalue weighted by Gasteiger charge is 2.25. The van der Waals surface area contributed by atoms with E-state index in [1.54, 1.807) is 6.07 Å². The van der Waals surface area contributed by atoms with Crippen LogP contribution in [0.15, 0.2) is 17.0 Å². The van der Waals surface area contributed by atoms with Crippen molar-refractivity contribution in [2.45, 2.75) is 63.9 Å². The summed E-state index contributed by atoms with van der Waals surface area (Å²) in [6, 6.07) is 3.54. The van der Waals surface area contributed by atoms with E-state index in [2.05, 4.69) is 9.71 Å². The first-order valence-corrected chi connectivity index (χ1v) is 11.1. The third-order valence-electron chi connectivity index (χ3n) is 4.90. The maximum Gasteiger partial charge on any atom is 0.240 e. The fourth-order valence-electron chi connectivity index (χ4n) is 3.58. The molecule has 7 heteroatoms. The molecule has 27 heavy (non-hydrogen) atoms. The smallest absolute Gasteiger partial charge is 0.240 e. The van der Waals surface area contributed by atoms with E-state index in [-0.39, 0.29) is 16.8 Å². The zero-order valence-electron chi connectivity index (χ0n) is 16.2. The van der Waals surface area contributed by atoms with Gasteiger partial charge in [-0.05, 0) is 57.2 Å². The van der Waals surface area contributed by atoms with Crippen LogP contribution in [0.4, 0.5) is 0 Å². The third-order valence-corrected chi connectivity index (χ3v) is 6.44. The molecule has 0 atom stereocenters. The minimum absolute atomic E-state index is 0.136. The molecule has 0 bridgehead atoms. The van der Waals surface area contributed by atoms with Crippen molar-refractivity contribution in [2.75, 3.05) is 13.2 Å². The number of ketones is 1. The number of aromatic amines is 1. The van der Waals surface area contributed by atoms with Crippen LogP contribution >= 0.6 is 0 Å².